The number of anilines is 2. The van der Waals surface area contributed by atoms with E-state index < -0.39 is 22.9 Å². The fourth-order valence-corrected chi connectivity index (χ4v) is 4.79. The van der Waals surface area contributed by atoms with E-state index in [0.29, 0.717) is 22.9 Å². The molecule has 12 heteroatoms. The van der Waals surface area contributed by atoms with Gasteiger partial charge < -0.3 is 15.0 Å². The van der Waals surface area contributed by atoms with Crippen molar-refractivity contribution >= 4 is 39.7 Å². The van der Waals surface area contributed by atoms with Crippen LogP contribution in [0.4, 0.5) is 25.6 Å². The number of nitro groups is 1. The molecule has 2 aromatic rings. The van der Waals surface area contributed by atoms with Crippen LogP contribution >= 0.6 is 11.3 Å². The highest BCUT2D eigenvalue weighted by Crippen LogP contribution is 2.45. The zero-order valence-electron chi connectivity index (χ0n) is 16.8. The van der Waals surface area contributed by atoms with E-state index in [1.165, 1.54) is 24.1 Å². The van der Waals surface area contributed by atoms with E-state index in [-0.39, 0.29) is 36.0 Å². The van der Waals surface area contributed by atoms with Crippen molar-refractivity contribution in [2.75, 3.05) is 29.4 Å². The first-order chi connectivity index (χ1) is 14.7. The number of hydrogen-bond acceptors (Lipinski definition) is 8. The van der Waals surface area contributed by atoms with Crippen LogP contribution in [0.1, 0.15) is 24.9 Å². The zero-order valence-corrected chi connectivity index (χ0v) is 17.6. The van der Waals surface area contributed by atoms with Crippen molar-refractivity contribution in [2.24, 2.45) is 5.92 Å². The second kappa shape index (κ2) is 8.10. The van der Waals surface area contributed by atoms with E-state index in [9.17, 15) is 24.1 Å². The molecule has 2 fully saturated rings. The Balaban J connectivity index is 1.50. The lowest BCUT2D eigenvalue weighted by Gasteiger charge is -2.47. The second-order valence-electron chi connectivity index (χ2n) is 7.56. The second-order valence-corrected chi connectivity index (χ2v) is 8.60. The van der Waals surface area contributed by atoms with Crippen molar-refractivity contribution in [3.8, 4) is 0 Å². The number of carbonyl (C=O) groups is 2. The maximum absolute atomic E-state index is 15.0. The van der Waals surface area contributed by atoms with E-state index in [4.69, 9.17) is 4.74 Å². The number of ether oxygens (including phenoxy) is 1. The topological polar surface area (TPSA) is 118 Å². The van der Waals surface area contributed by atoms with E-state index >= 15 is 0 Å². The molecule has 1 aromatic heterocycles. The minimum absolute atomic E-state index is 0.0498. The summed E-state index contributed by atoms with van der Waals surface area (Å²) in [5, 5.41) is 14.1. The highest BCUT2D eigenvalue weighted by Gasteiger charge is 2.41. The fourth-order valence-electron chi connectivity index (χ4n) is 3.81. The first-order valence-electron chi connectivity index (χ1n) is 9.63. The smallest absolute Gasteiger partial charge is 0.414 e. The summed E-state index contributed by atoms with van der Waals surface area (Å²) < 4.78 is 20.2. The maximum atomic E-state index is 15.0. The molecule has 2 saturated heterocycles. The van der Waals surface area contributed by atoms with Crippen LogP contribution < -0.4 is 15.1 Å². The Labute approximate surface area is 180 Å². The summed E-state index contributed by atoms with van der Waals surface area (Å²) >= 11 is 0.990. The van der Waals surface area contributed by atoms with Gasteiger partial charge in [0.05, 0.1) is 35.4 Å². The van der Waals surface area contributed by atoms with Gasteiger partial charge in [-0.1, -0.05) is 6.92 Å². The van der Waals surface area contributed by atoms with E-state index in [1.807, 2.05) is 11.8 Å². The van der Waals surface area contributed by atoms with Crippen LogP contribution in [-0.2, 0) is 9.53 Å². The summed E-state index contributed by atoms with van der Waals surface area (Å²) in [7, 11) is 0. The van der Waals surface area contributed by atoms with Gasteiger partial charge in [0.2, 0.25) is 5.91 Å². The van der Waals surface area contributed by atoms with Crippen LogP contribution in [0, 0.1) is 21.8 Å². The number of carbonyl (C=O) groups excluding carboxylic acids is 2. The molecule has 164 valence electrons. The number of halogens is 1. The van der Waals surface area contributed by atoms with Gasteiger partial charge in [0.15, 0.2) is 0 Å². The molecule has 2 aliphatic rings. The number of nitrogens with one attached hydrogen (secondary N) is 1. The van der Waals surface area contributed by atoms with E-state index in [2.05, 4.69) is 10.3 Å². The maximum Gasteiger partial charge on any atom is 0.414 e. The Morgan fingerprint density at radius 2 is 2.23 bits per heavy atom. The molecule has 2 aliphatic heterocycles. The molecule has 3 atom stereocenters. The number of rotatable bonds is 6. The van der Waals surface area contributed by atoms with Crippen molar-refractivity contribution in [3.05, 3.63) is 45.3 Å². The Morgan fingerprint density at radius 3 is 2.84 bits per heavy atom. The van der Waals surface area contributed by atoms with Crippen LogP contribution in [0.25, 0.3) is 0 Å². The van der Waals surface area contributed by atoms with Crippen LogP contribution in [0.3, 0.4) is 0 Å². The van der Waals surface area contributed by atoms with Crippen LogP contribution in [0.15, 0.2) is 24.4 Å². The Bertz CT molecular complexity index is 1050. The van der Waals surface area contributed by atoms with Crippen molar-refractivity contribution in [1.82, 2.24) is 10.3 Å². The first-order valence-corrected chi connectivity index (χ1v) is 10.4. The number of nitrogens with zero attached hydrogens (tertiary/aromatic N) is 4. The van der Waals surface area contributed by atoms with Crippen LogP contribution in [0.2, 0.25) is 0 Å². The lowest BCUT2D eigenvalue weighted by Crippen LogP contribution is -2.48. The average Bonchev–Trinajstić information content (AvgIpc) is 3.31. The van der Waals surface area contributed by atoms with Crippen LogP contribution in [-0.4, -0.2) is 47.6 Å². The minimum Gasteiger partial charge on any atom is -0.442 e. The first kappa shape index (κ1) is 21.0. The Morgan fingerprint density at radius 1 is 1.45 bits per heavy atom. The van der Waals surface area contributed by atoms with Crippen LogP contribution in [0.5, 0.6) is 0 Å². The molecule has 2 amide bonds. The highest BCUT2D eigenvalue weighted by molar-refractivity contribution is 7.15. The van der Waals surface area contributed by atoms with Gasteiger partial charge >= 0.3 is 11.1 Å². The van der Waals surface area contributed by atoms with Gasteiger partial charge in [-0.05, 0) is 29.5 Å². The molecular weight excluding hydrogens is 429 g/mol. The van der Waals surface area contributed by atoms with Gasteiger partial charge in [-0.25, -0.2) is 14.2 Å². The molecule has 10 nitrogen and oxygen atoms in total. The molecule has 1 N–H and O–H groups in total. The predicted octanol–water partition coefficient (Wildman–Crippen LogP) is 2.85. The van der Waals surface area contributed by atoms with Gasteiger partial charge in [-0.3, -0.25) is 19.8 Å². The summed E-state index contributed by atoms with van der Waals surface area (Å²) in [6.07, 6.45) is 0.104. The van der Waals surface area contributed by atoms with Crippen molar-refractivity contribution in [1.29, 1.82) is 0 Å². The quantitative estimate of drug-likeness (QED) is 0.532. The lowest BCUT2D eigenvalue weighted by atomic mass is 9.90. The third-order valence-electron chi connectivity index (χ3n) is 5.31. The lowest BCUT2D eigenvalue weighted by molar-refractivity contribution is -0.380. The molecule has 0 radical (unpaired) electrons. The summed E-state index contributed by atoms with van der Waals surface area (Å²) in [5.74, 6) is -0.583. The van der Waals surface area contributed by atoms with Crippen molar-refractivity contribution in [2.45, 2.75) is 26.0 Å². The summed E-state index contributed by atoms with van der Waals surface area (Å²) in [6, 6.07) is 4.23. The van der Waals surface area contributed by atoms with Crippen molar-refractivity contribution in [3.63, 3.8) is 0 Å². The van der Waals surface area contributed by atoms with E-state index in [1.54, 1.807) is 12.1 Å². The number of amides is 2. The van der Waals surface area contributed by atoms with Gasteiger partial charge in [0, 0.05) is 19.4 Å². The molecule has 31 heavy (non-hydrogen) atoms. The number of cyclic esters (lactones) is 1. The molecule has 0 bridgehead atoms. The number of aromatic nitrogens is 1. The molecule has 3 heterocycles. The molecular formula is C19H20FN5O5S. The monoisotopic (exact) mass is 449 g/mol. The van der Waals surface area contributed by atoms with Gasteiger partial charge in [0.1, 0.15) is 23.1 Å². The standard InChI is InChI=1S/C19H20FN5O5S/c1-10-8-24(17(10)18-22-7-16(31-18)25(28)29)15-4-3-12(5-14(15)20)23-9-13(30-19(23)27)6-21-11(2)26/h3-5,7,10,13,17H,6,8-9H2,1-2H3,(H,21,26)/t10-,13-,17-/m0/s1. The molecule has 4 rings (SSSR count). The molecule has 1 aromatic carbocycles. The van der Waals surface area contributed by atoms with Crippen molar-refractivity contribution < 1.29 is 23.6 Å². The Kier molecular flexibility index (Phi) is 5.48. The van der Waals surface area contributed by atoms with E-state index in [0.717, 1.165) is 11.3 Å². The Hall–Kier alpha value is -3.28. The number of hydrogen-bond donors (Lipinski definition) is 1. The number of benzene rings is 1. The zero-order chi connectivity index (χ0) is 22.3. The largest absolute Gasteiger partial charge is 0.442 e. The molecule has 0 saturated carbocycles. The predicted molar refractivity (Wildman–Crippen MR) is 111 cm³/mol. The molecule has 0 unspecified atom stereocenters. The third-order valence-corrected chi connectivity index (χ3v) is 6.33. The van der Waals surface area contributed by atoms with Gasteiger partial charge in [0.25, 0.3) is 0 Å². The van der Waals surface area contributed by atoms with Gasteiger partial charge in [-0.15, -0.1) is 0 Å². The number of thiazole rings is 1. The third kappa shape index (κ3) is 4.02. The molecule has 0 spiro atoms. The summed E-state index contributed by atoms with van der Waals surface area (Å²) in [6.45, 7) is 4.32. The highest BCUT2D eigenvalue weighted by atomic mass is 32.1. The SMILES string of the molecule is CC(=O)NC[C@H]1CN(c2ccc(N3C[C@H](C)[C@H]3c3ncc([N+](=O)[O-])s3)c(F)c2)C(=O)O1. The fraction of sp³-hybridized carbons (Fsp3) is 0.421. The summed E-state index contributed by atoms with van der Waals surface area (Å²) in [5.41, 5.74) is 0.693. The van der Waals surface area contributed by atoms with Gasteiger partial charge in [-0.2, -0.15) is 0 Å². The minimum atomic E-state index is -0.604. The molecule has 0 aliphatic carbocycles. The summed E-state index contributed by atoms with van der Waals surface area (Å²) in [4.78, 5) is 41.0. The normalized spacial score (nSPS) is 22.8. The average molecular weight is 449 g/mol.